The van der Waals surface area contributed by atoms with Gasteiger partial charge in [-0.15, -0.1) is 11.3 Å². The highest BCUT2D eigenvalue weighted by Crippen LogP contribution is 2.24. The summed E-state index contributed by atoms with van der Waals surface area (Å²) in [5.41, 5.74) is 0.838. The molecular weight excluding hydrogens is 220 g/mol. The maximum atomic E-state index is 11.6. The van der Waals surface area contributed by atoms with Crippen LogP contribution >= 0.6 is 11.3 Å². The number of thiazole rings is 1. The molecule has 1 aromatic heterocycles. The SMILES string of the molecule is CC.CCNC(=O)c1sc(C(C)C)nc1C. The van der Waals surface area contributed by atoms with Crippen LogP contribution in [-0.2, 0) is 0 Å². The van der Waals surface area contributed by atoms with Crippen molar-refractivity contribution in [1.82, 2.24) is 10.3 Å². The third-order valence-corrected chi connectivity index (χ3v) is 3.31. The van der Waals surface area contributed by atoms with E-state index < -0.39 is 0 Å². The summed E-state index contributed by atoms with van der Waals surface area (Å²) in [7, 11) is 0. The summed E-state index contributed by atoms with van der Waals surface area (Å²) in [6.45, 7) is 12.6. The van der Waals surface area contributed by atoms with Crippen LogP contribution in [0.25, 0.3) is 0 Å². The lowest BCUT2D eigenvalue weighted by atomic mass is 10.2. The van der Waals surface area contributed by atoms with Crippen LogP contribution in [-0.4, -0.2) is 17.4 Å². The Morgan fingerprint density at radius 3 is 2.38 bits per heavy atom. The number of hydrogen-bond acceptors (Lipinski definition) is 3. The fourth-order valence-corrected chi connectivity index (χ4v) is 2.10. The largest absolute Gasteiger partial charge is 0.352 e. The molecule has 0 saturated heterocycles. The van der Waals surface area contributed by atoms with Crippen molar-refractivity contribution >= 4 is 17.2 Å². The van der Waals surface area contributed by atoms with Crippen molar-refractivity contribution in [2.75, 3.05) is 6.54 Å². The highest BCUT2D eigenvalue weighted by molar-refractivity contribution is 7.13. The summed E-state index contributed by atoms with van der Waals surface area (Å²) in [5, 5.41) is 3.82. The van der Waals surface area contributed by atoms with E-state index in [1.165, 1.54) is 11.3 Å². The molecule has 0 spiro atoms. The molecule has 0 unspecified atom stereocenters. The predicted octanol–water partition coefficient (Wildman–Crippen LogP) is 3.35. The smallest absolute Gasteiger partial charge is 0.263 e. The molecule has 0 aliphatic heterocycles. The molecule has 0 aliphatic carbocycles. The molecule has 1 heterocycles. The monoisotopic (exact) mass is 242 g/mol. The van der Waals surface area contributed by atoms with E-state index in [0.29, 0.717) is 12.5 Å². The Labute approximate surface area is 102 Å². The molecule has 0 aromatic carbocycles. The lowest BCUT2D eigenvalue weighted by Gasteiger charge is -1.98. The number of carbonyl (C=O) groups is 1. The van der Waals surface area contributed by atoms with Gasteiger partial charge in [0.15, 0.2) is 0 Å². The summed E-state index contributed by atoms with van der Waals surface area (Å²) < 4.78 is 0. The zero-order chi connectivity index (χ0) is 12.7. The van der Waals surface area contributed by atoms with Gasteiger partial charge in [-0.3, -0.25) is 4.79 Å². The van der Waals surface area contributed by atoms with Gasteiger partial charge in [0, 0.05) is 12.5 Å². The van der Waals surface area contributed by atoms with Crippen molar-refractivity contribution in [3.63, 3.8) is 0 Å². The van der Waals surface area contributed by atoms with Crippen LogP contribution < -0.4 is 5.32 Å². The molecule has 0 aliphatic rings. The minimum absolute atomic E-state index is 0.00519. The van der Waals surface area contributed by atoms with E-state index in [1.54, 1.807) is 0 Å². The Morgan fingerprint density at radius 2 is 2.00 bits per heavy atom. The second kappa shape index (κ2) is 7.39. The van der Waals surface area contributed by atoms with Crippen LogP contribution in [0.4, 0.5) is 0 Å². The lowest BCUT2D eigenvalue weighted by molar-refractivity contribution is 0.0959. The minimum Gasteiger partial charge on any atom is -0.352 e. The number of hydrogen-bond donors (Lipinski definition) is 1. The van der Waals surface area contributed by atoms with E-state index in [2.05, 4.69) is 24.1 Å². The molecule has 1 amide bonds. The van der Waals surface area contributed by atoms with Gasteiger partial charge in [0.25, 0.3) is 5.91 Å². The summed E-state index contributed by atoms with van der Waals surface area (Å²) >= 11 is 1.49. The van der Waals surface area contributed by atoms with Crippen LogP contribution in [0.1, 0.15) is 60.9 Å². The Kier molecular flexibility index (Phi) is 6.97. The maximum absolute atomic E-state index is 11.6. The summed E-state index contributed by atoms with van der Waals surface area (Å²) in [6.07, 6.45) is 0. The first-order valence-electron chi connectivity index (χ1n) is 5.81. The third kappa shape index (κ3) is 3.93. The van der Waals surface area contributed by atoms with E-state index in [0.717, 1.165) is 15.6 Å². The molecular formula is C12H22N2OS. The molecule has 1 rings (SSSR count). The van der Waals surface area contributed by atoms with Crippen LogP contribution in [0.5, 0.6) is 0 Å². The molecule has 4 heteroatoms. The molecule has 0 radical (unpaired) electrons. The predicted molar refractivity (Wildman–Crippen MR) is 70.3 cm³/mol. The van der Waals surface area contributed by atoms with Crippen molar-refractivity contribution in [2.45, 2.75) is 47.5 Å². The van der Waals surface area contributed by atoms with E-state index >= 15 is 0 Å². The average molecular weight is 242 g/mol. The fourth-order valence-electron chi connectivity index (χ4n) is 1.12. The molecule has 16 heavy (non-hydrogen) atoms. The topological polar surface area (TPSA) is 42.0 Å². The van der Waals surface area contributed by atoms with Gasteiger partial charge >= 0.3 is 0 Å². The van der Waals surface area contributed by atoms with Gasteiger partial charge in [-0.2, -0.15) is 0 Å². The molecule has 92 valence electrons. The number of rotatable bonds is 3. The Bertz CT molecular complexity index is 332. The minimum atomic E-state index is -0.00519. The van der Waals surface area contributed by atoms with Gasteiger partial charge in [-0.1, -0.05) is 27.7 Å². The molecule has 0 fully saturated rings. The van der Waals surface area contributed by atoms with Gasteiger partial charge in [0.1, 0.15) is 4.88 Å². The van der Waals surface area contributed by atoms with Gasteiger partial charge < -0.3 is 5.32 Å². The van der Waals surface area contributed by atoms with Crippen LogP contribution in [0.3, 0.4) is 0 Å². The highest BCUT2D eigenvalue weighted by Gasteiger charge is 2.15. The van der Waals surface area contributed by atoms with Crippen molar-refractivity contribution in [1.29, 1.82) is 0 Å². The second-order valence-corrected chi connectivity index (χ2v) is 4.51. The number of aryl methyl sites for hydroxylation is 1. The van der Waals surface area contributed by atoms with E-state index in [4.69, 9.17) is 0 Å². The van der Waals surface area contributed by atoms with Gasteiger partial charge in [-0.05, 0) is 13.8 Å². The van der Waals surface area contributed by atoms with Crippen LogP contribution in [0.15, 0.2) is 0 Å². The first kappa shape index (κ1) is 15.1. The Hall–Kier alpha value is -0.900. The molecule has 1 N–H and O–H groups in total. The first-order chi connectivity index (χ1) is 7.56. The quantitative estimate of drug-likeness (QED) is 0.883. The van der Waals surface area contributed by atoms with Crippen molar-refractivity contribution in [3.8, 4) is 0 Å². The number of aromatic nitrogens is 1. The second-order valence-electron chi connectivity index (χ2n) is 3.48. The molecule has 0 saturated carbocycles. The first-order valence-corrected chi connectivity index (χ1v) is 6.63. The molecule has 0 atom stereocenters. The summed E-state index contributed by atoms with van der Waals surface area (Å²) in [4.78, 5) is 16.7. The van der Waals surface area contributed by atoms with E-state index in [-0.39, 0.29) is 5.91 Å². The van der Waals surface area contributed by atoms with Crippen LogP contribution in [0, 0.1) is 6.92 Å². The number of nitrogens with zero attached hydrogens (tertiary/aromatic N) is 1. The number of nitrogens with one attached hydrogen (secondary N) is 1. The van der Waals surface area contributed by atoms with Crippen molar-refractivity contribution < 1.29 is 4.79 Å². The normalized spacial score (nSPS) is 9.69. The maximum Gasteiger partial charge on any atom is 0.263 e. The fraction of sp³-hybridized carbons (Fsp3) is 0.667. The summed E-state index contributed by atoms with van der Waals surface area (Å²) in [5.74, 6) is 0.385. The van der Waals surface area contributed by atoms with Gasteiger partial charge in [-0.25, -0.2) is 4.98 Å². The van der Waals surface area contributed by atoms with Crippen molar-refractivity contribution in [2.24, 2.45) is 0 Å². The Morgan fingerprint density at radius 1 is 1.44 bits per heavy atom. The molecule has 1 aromatic rings. The zero-order valence-electron chi connectivity index (χ0n) is 11.0. The van der Waals surface area contributed by atoms with Crippen LogP contribution in [0.2, 0.25) is 0 Å². The Balaban J connectivity index is 0.00000106. The number of carbonyl (C=O) groups excluding carboxylic acids is 1. The van der Waals surface area contributed by atoms with E-state index in [9.17, 15) is 4.79 Å². The average Bonchev–Trinajstić information content (AvgIpc) is 2.64. The highest BCUT2D eigenvalue weighted by atomic mass is 32.1. The molecule has 3 nitrogen and oxygen atoms in total. The van der Waals surface area contributed by atoms with Gasteiger partial charge in [0.2, 0.25) is 0 Å². The molecule has 0 bridgehead atoms. The number of amides is 1. The lowest BCUT2D eigenvalue weighted by Crippen LogP contribution is -2.22. The standard InChI is InChI=1S/C10H16N2OS.C2H6/c1-5-11-9(13)8-7(4)12-10(14-8)6(2)3;1-2/h6H,5H2,1-4H3,(H,11,13);1-2H3. The van der Waals surface area contributed by atoms with Gasteiger partial charge in [0.05, 0.1) is 10.7 Å². The third-order valence-electron chi connectivity index (χ3n) is 1.85. The summed E-state index contributed by atoms with van der Waals surface area (Å²) in [6, 6.07) is 0. The van der Waals surface area contributed by atoms with E-state index in [1.807, 2.05) is 27.7 Å². The zero-order valence-corrected chi connectivity index (χ0v) is 11.9. The van der Waals surface area contributed by atoms with Crippen molar-refractivity contribution in [3.05, 3.63) is 15.6 Å².